The molecule has 0 N–H and O–H groups in total. The van der Waals surface area contributed by atoms with Crippen LogP contribution < -0.4 is 0 Å². The van der Waals surface area contributed by atoms with Crippen LogP contribution in [0.25, 0.3) is 10.9 Å². The zero-order chi connectivity index (χ0) is 24.7. The fourth-order valence-corrected chi connectivity index (χ4v) is 5.47. The zero-order valence-electron chi connectivity index (χ0n) is 17.2. The molecular weight excluding hydrogens is 512 g/mol. The van der Waals surface area contributed by atoms with Crippen molar-refractivity contribution in [3.05, 3.63) is 99.2 Å². The van der Waals surface area contributed by atoms with Crippen LogP contribution in [0.2, 0.25) is 10.0 Å². The topological polar surface area (TPSA) is 69.0 Å². The third-order valence-corrected chi connectivity index (χ3v) is 7.25. The normalized spacial score (nSPS) is 12.3. The lowest BCUT2D eigenvalue weighted by Gasteiger charge is -2.10. The van der Waals surface area contributed by atoms with Crippen molar-refractivity contribution in [1.29, 1.82) is 0 Å². The van der Waals surface area contributed by atoms with E-state index in [0.29, 0.717) is 10.9 Å². The maximum absolute atomic E-state index is 13.0. The minimum atomic E-state index is -4.52. The Balaban J connectivity index is 1.62. The fourth-order valence-electron chi connectivity index (χ4n) is 3.47. The van der Waals surface area contributed by atoms with E-state index in [4.69, 9.17) is 23.2 Å². The number of rotatable bonds is 6. The molecule has 11 heteroatoms. The largest absolute Gasteiger partial charge is 0.416 e. The second-order valence-corrected chi connectivity index (χ2v) is 10.1. The lowest BCUT2D eigenvalue weighted by atomic mass is 10.0. The molecule has 176 valence electrons. The maximum atomic E-state index is 13.0. The molecule has 0 aliphatic rings. The number of Topliss-reactive ketones (excluding diaryl/α,β-unsaturated/α-hetero) is 1. The van der Waals surface area contributed by atoms with Crippen LogP contribution in [-0.2, 0) is 28.4 Å². The van der Waals surface area contributed by atoms with Crippen molar-refractivity contribution < 1.29 is 26.4 Å². The van der Waals surface area contributed by atoms with Crippen LogP contribution in [0.3, 0.4) is 0 Å². The van der Waals surface area contributed by atoms with Gasteiger partial charge in [-0.2, -0.15) is 22.4 Å². The molecule has 0 amide bonds. The quantitative estimate of drug-likeness (QED) is 0.282. The van der Waals surface area contributed by atoms with Crippen molar-refractivity contribution in [3.8, 4) is 0 Å². The molecule has 5 nitrogen and oxygen atoms in total. The predicted molar refractivity (Wildman–Crippen MR) is 124 cm³/mol. The Morgan fingerprint density at radius 1 is 0.941 bits per heavy atom. The highest BCUT2D eigenvalue weighted by molar-refractivity contribution is 7.89. The Kier molecular flexibility index (Phi) is 6.46. The summed E-state index contributed by atoms with van der Waals surface area (Å²) in [6, 6.07) is 13.4. The van der Waals surface area contributed by atoms with Gasteiger partial charge in [0.15, 0.2) is 5.78 Å². The number of carbonyl (C=O) groups excluding carboxylic acids is 1. The van der Waals surface area contributed by atoms with Crippen LogP contribution >= 0.6 is 23.2 Å². The molecule has 0 spiro atoms. The first-order valence-corrected chi connectivity index (χ1v) is 12.2. The summed E-state index contributed by atoms with van der Waals surface area (Å²) < 4.78 is 65.1. The highest BCUT2D eigenvalue weighted by Crippen LogP contribution is 2.30. The number of alkyl halides is 3. The number of ketones is 1. The summed E-state index contributed by atoms with van der Waals surface area (Å²) in [6.07, 6.45) is -3.24. The number of hydrogen-bond acceptors (Lipinski definition) is 4. The Bertz CT molecular complexity index is 1480. The molecule has 0 atom stereocenters. The van der Waals surface area contributed by atoms with Crippen LogP contribution in [0.4, 0.5) is 13.2 Å². The lowest BCUT2D eigenvalue weighted by Crippen LogP contribution is -2.16. The van der Waals surface area contributed by atoms with Crippen LogP contribution in [0, 0.1) is 0 Å². The van der Waals surface area contributed by atoms with E-state index >= 15 is 0 Å². The fraction of sp³-hybridized carbons (Fsp3) is 0.130. The van der Waals surface area contributed by atoms with Gasteiger partial charge in [0.25, 0.3) is 10.0 Å². The molecule has 0 saturated carbocycles. The highest BCUT2D eigenvalue weighted by Gasteiger charge is 2.30. The Morgan fingerprint density at radius 2 is 1.56 bits per heavy atom. The van der Waals surface area contributed by atoms with Gasteiger partial charge in [-0.1, -0.05) is 53.5 Å². The Labute approximate surface area is 202 Å². The van der Waals surface area contributed by atoms with E-state index in [2.05, 4.69) is 5.10 Å². The molecule has 4 rings (SSSR count). The van der Waals surface area contributed by atoms with Crippen molar-refractivity contribution in [1.82, 2.24) is 9.19 Å². The van der Waals surface area contributed by atoms with Gasteiger partial charge < -0.3 is 0 Å². The molecule has 0 radical (unpaired) electrons. The maximum Gasteiger partial charge on any atom is 0.416 e. The summed E-state index contributed by atoms with van der Waals surface area (Å²) in [5.41, 5.74) is 0.235. The zero-order valence-corrected chi connectivity index (χ0v) is 19.5. The molecule has 0 fully saturated rings. The minimum absolute atomic E-state index is 0.0798. The number of fused-ring (bicyclic) bond motifs is 1. The molecule has 0 aliphatic heterocycles. The van der Waals surface area contributed by atoms with Gasteiger partial charge in [-0.25, -0.2) is 8.42 Å². The molecule has 34 heavy (non-hydrogen) atoms. The van der Waals surface area contributed by atoms with Crippen LogP contribution in [-0.4, -0.2) is 23.4 Å². The van der Waals surface area contributed by atoms with Gasteiger partial charge in [-0.3, -0.25) is 4.79 Å². The van der Waals surface area contributed by atoms with E-state index in [9.17, 15) is 26.4 Å². The predicted octanol–water partition coefficient (Wildman–Crippen LogP) is 6.17. The molecular formula is C23H15Cl2F3N2O3S. The number of carbonyl (C=O) groups is 1. The van der Waals surface area contributed by atoms with E-state index in [1.54, 1.807) is 30.3 Å². The van der Waals surface area contributed by atoms with Gasteiger partial charge in [-0.05, 0) is 41.5 Å². The number of benzene rings is 3. The first kappa shape index (κ1) is 24.3. The Hall–Kier alpha value is -2.88. The summed E-state index contributed by atoms with van der Waals surface area (Å²) in [7, 11) is -4.06. The van der Waals surface area contributed by atoms with E-state index in [-0.39, 0.29) is 38.9 Å². The standard InChI is InChI=1S/C23H15Cl2F3N2O3S/c24-18-2-1-3-19(25)22(18)21(31)11-15-4-7-16-12-29-30(20(16)10-15)34(32,33)13-14-5-8-17(9-6-14)23(26,27)28/h1-10,12H,11,13H2. The summed E-state index contributed by atoms with van der Waals surface area (Å²) in [5, 5.41) is 4.89. The van der Waals surface area contributed by atoms with Crippen LogP contribution in [0.5, 0.6) is 0 Å². The van der Waals surface area contributed by atoms with Crippen molar-refractivity contribution in [2.24, 2.45) is 0 Å². The molecule has 1 heterocycles. The van der Waals surface area contributed by atoms with Crippen molar-refractivity contribution in [3.63, 3.8) is 0 Å². The van der Waals surface area contributed by atoms with Gasteiger partial charge in [0, 0.05) is 11.8 Å². The van der Waals surface area contributed by atoms with Crippen molar-refractivity contribution >= 4 is 49.9 Å². The van der Waals surface area contributed by atoms with E-state index in [0.717, 1.165) is 28.4 Å². The molecule has 0 saturated heterocycles. The second kappa shape index (κ2) is 9.05. The van der Waals surface area contributed by atoms with Gasteiger partial charge >= 0.3 is 6.18 Å². The smallest absolute Gasteiger partial charge is 0.294 e. The average Bonchev–Trinajstić information content (AvgIpc) is 3.17. The Morgan fingerprint density at radius 3 is 2.18 bits per heavy atom. The van der Waals surface area contributed by atoms with Gasteiger partial charge in [0.05, 0.1) is 38.6 Å². The van der Waals surface area contributed by atoms with Crippen molar-refractivity contribution in [2.75, 3.05) is 0 Å². The SMILES string of the molecule is O=C(Cc1ccc2cnn(S(=O)(=O)Cc3ccc(C(F)(F)F)cc3)c2c1)c1c(Cl)cccc1Cl. The number of nitrogens with zero attached hydrogens (tertiary/aromatic N) is 2. The van der Waals surface area contributed by atoms with Crippen LogP contribution in [0.15, 0.2) is 66.9 Å². The van der Waals surface area contributed by atoms with Gasteiger partial charge in [-0.15, -0.1) is 0 Å². The van der Waals surface area contributed by atoms with E-state index < -0.39 is 27.5 Å². The van der Waals surface area contributed by atoms with Gasteiger partial charge in [0.1, 0.15) is 0 Å². The molecule has 0 unspecified atom stereocenters. The monoisotopic (exact) mass is 526 g/mol. The number of aromatic nitrogens is 2. The first-order valence-electron chi connectivity index (χ1n) is 9.79. The third-order valence-electron chi connectivity index (χ3n) is 5.10. The van der Waals surface area contributed by atoms with E-state index in [1.165, 1.54) is 12.3 Å². The molecule has 0 bridgehead atoms. The molecule has 4 aromatic rings. The summed E-state index contributed by atoms with van der Waals surface area (Å²) in [6.45, 7) is 0. The number of hydrogen-bond donors (Lipinski definition) is 0. The summed E-state index contributed by atoms with van der Waals surface area (Å²) in [5.74, 6) is -0.894. The van der Waals surface area contributed by atoms with Gasteiger partial charge in [0.2, 0.25) is 0 Å². The highest BCUT2D eigenvalue weighted by atomic mass is 35.5. The minimum Gasteiger partial charge on any atom is -0.294 e. The molecule has 0 aliphatic carbocycles. The van der Waals surface area contributed by atoms with E-state index in [1.807, 2.05) is 0 Å². The lowest BCUT2D eigenvalue weighted by molar-refractivity contribution is -0.137. The summed E-state index contributed by atoms with van der Waals surface area (Å²) in [4.78, 5) is 12.8. The summed E-state index contributed by atoms with van der Waals surface area (Å²) >= 11 is 12.2. The molecule has 1 aromatic heterocycles. The third kappa shape index (κ3) is 4.96. The average molecular weight is 527 g/mol. The van der Waals surface area contributed by atoms with Crippen LogP contribution in [0.1, 0.15) is 27.0 Å². The number of halogens is 5. The molecule has 3 aromatic carbocycles. The second-order valence-electron chi connectivity index (χ2n) is 7.53. The first-order chi connectivity index (χ1) is 16.0. The van der Waals surface area contributed by atoms with Crippen molar-refractivity contribution in [2.45, 2.75) is 18.3 Å².